The van der Waals surface area contributed by atoms with E-state index in [2.05, 4.69) is 62.3 Å². The fraction of sp³-hybridized carbons (Fsp3) is 0.300. The van der Waals surface area contributed by atoms with Crippen molar-refractivity contribution in [2.24, 2.45) is 5.92 Å². The zero-order chi connectivity index (χ0) is 24.3. The first-order valence-electron chi connectivity index (χ1n) is 13.0. The Balaban J connectivity index is 0.000000223. The summed E-state index contributed by atoms with van der Waals surface area (Å²) in [4.78, 5) is 19.0. The molecule has 182 valence electrons. The van der Waals surface area contributed by atoms with E-state index in [9.17, 15) is 0 Å². The molecule has 3 aromatic heterocycles. The van der Waals surface area contributed by atoms with Crippen LogP contribution in [0.5, 0.6) is 0 Å². The van der Waals surface area contributed by atoms with Gasteiger partial charge in [0.25, 0.3) is 0 Å². The second-order valence-electron chi connectivity index (χ2n) is 10.0. The van der Waals surface area contributed by atoms with Gasteiger partial charge in [-0.3, -0.25) is 0 Å². The number of aromatic nitrogens is 4. The molecule has 0 unspecified atom stereocenters. The van der Waals surface area contributed by atoms with Gasteiger partial charge in [0.1, 0.15) is 17.8 Å². The summed E-state index contributed by atoms with van der Waals surface area (Å²) in [6.07, 6.45) is 10.1. The van der Waals surface area contributed by atoms with Gasteiger partial charge in [0.05, 0.1) is 16.6 Å². The van der Waals surface area contributed by atoms with Crippen LogP contribution in [0, 0.1) is 5.92 Å². The van der Waals surface area contributed by atoms with Crippen LogP contribution in [-0.4, -0.2) is 44.5 Å². The number of nitrogens with two attached hydrogens (primary N) is 1. The highest BCUT2D eigenvalue weighted by atomic mass is 15.2. The molecule has 7 rings (SSSR count). The highest BCUT2D eigenvalue weighted by molar-refractivity contribution is 5.89. The van der Waals surface area contributed by atoms with Crippen LogP contribution in [0.1, 0.15) is 36.8 Å². The molecule has 2 aliphatic rings. The van der Waals surface area contributed by atoms with Crippen LogP contribution in [0.3, 0.4) is 0 Å². The third kappa shape index (κ3) is 4.82. The topological polar surface area (TPSA) is 83.7 Å². The van der Waals surface area contributed by atoms with Crippen molar-refractivity contribution in [1.29, 1.82) is 0 Å². The molecular weight excluding hydrogens is 444 g/mol. The van der Waals surface area contributed by atoms with E-state index in [1.807, 2.05) is 24.4 Å². The van der Waals surface area contributed by atoms with Crippen molar-refractivity contribution in [3.05, 3.63) is 84.3 Å². The summed E-state index contributed by atoms with van der Waals surface area (Å²) in [5.74, 6) is 1.59. The summed E-state index contributed by atoms with van der Waals surface area (Å²) in [6.45, 7) is 4.19. The smallest absolute Gasteiger partial charge is 0.143 e. The van der Waals surface area contributed by atoms with Crippen LogP contribution in [-0.2, 0) is 6.42 Å². The first-order chi connectivity index (χ1) is 17.7. The third-order valence-electron chi connectivity index (χ3n) is 7.49. The second kappa shape index (κ2) is 10.1. The molecule has 6 heteroatoms. The Morgan fingerprint density at radius 3 is 2.53 bits per heavy atom. The van der Waals surface area contributed by atoms with Gasteiger partial charge in [-0.1, -0.05) is 55.0 Å². The summed E-state index contributed by atoms with van der Waals surface area (Å²) in [5.41, 5.74) is 12.1. The zero-order valence-electron chi connectivity index (χ0n) is 20.5. The number of likely N-dealkylation sites (tertiary alicyclic amines) is 1. The van der Waals surface area contributed by atoms with Gasteiger partial charge in [-0.15, -0.1) is 0 Å². The number of nitrogens with zero attached hydrogens (tertiary/aromatic N) is 4. The number of hydrogen-bond donors (Lipinski definition) is 2. The van der Waals surface area contributed by atoms with Gasteiger partial charge in [-0.05, 0) is 68.0 Å². The predicted octanol–water partition coefficient (Wildman–Crippen LogP) is 5.84. The molecule has 1 aliphatic carbocycles. The Bertz CT molecular complexity index is 1460. The third-order valence-corrected chi connectivity index (χ3v) is 7.49. The predicted molar refractivity (Wildman–Crippen MR) is 147 cm³/mol. The quantitative estimate of drug-likeness (QED) is 0.333. The maximum Gasteiger partial charge on any atom is 0.143 e. The number of nitrogens with one attached hydrogen (secondary N) is 1. The molecule has 2 fully saturated rings. The van der Waals surface area contributed by atoms with Crippen LogP contribution in [0.15, 0.2) is 73.2 Å². The number of aromatic amines is 1. The molecule has 1 saturated carbocycles. The minimum Gasteiger partial charge on any atom is -0.383 e. The molecule has 5 aromatic rings. The van der Waals surface area contributed by atoms with Crippen molar-refractivity contribution in [3.63, 3.8) is 0 Å². The molecule has 0 bridgehead atoms. The molecule has 3 N–H and O–H groups in total. The summed E-state index contributed by atoms with van der Waals surface area (Å²) in [7, 11) is 0. The van der Waals surface area contributed by atoms with Gasteiger partial charge < -0.3 is 15.6 Å². The fourth-order valence-corrected chi connectivity index (χ4v) is 5.06. The van der Waals surface area contributed by atoms with Crippen molar-refractivity contribution in [2.45, 2.75) is 32.1 Å². The first kappa shape index (κ1) is 22.7. The number of nitrogen functional groups attached to an aromatic ring is 1. The van der Waals surface area contributed by atoms with Gasteiger partial charge in [-0.2, -0.15) is 0 Å². The van der Waals surface area contributed by atoms with Crippen molar-refractivity contribution >= 4 is 27.8 Å². The maximum absolute atomic E-state index is 6.05. The lowest BCUT2D eigenvalue weighted by atomic mass is 9.84. The lowest BCUT2D eigenvalue weighted by molar-refractivity contribution is 0.121. The molecule has 0 radical (unpaired) electrons. The normalized spacial score (nSPS) is 15.8. The van der Waals surface area contributed by atoms with Crippen LogP contribution in [0.4, 0.5) is 5.82 Å². The number of pyridine rings is 1. The Morgan fingerprint density at radius 2 is 1.78 bits per heavy atom. The molecule has 36 heavy (non-hydrogen) atoms. The first-order valence-corrected chi connectivity index (χ1v) is 13.0. The lowest BCUT2D eigenvalue weighted by Gasteiger charge is -2.37. The van der Waals surface area contributed by atoms with Gasteiger partial charge in [0, 0.05) is 23.7 Å². The van der Waals surface area contributed by atoms with E-state index < -0.39 is 0 Å². The van der Waals surface area contributed by atoms with Crippen LogP contribution in [0.25, 0.3) is 33.2 Å². The number of benzene rings is 2. The number of anilines is 1. The molecule has 0 spiro atoms. The summed E-state index contributed by atoms with van der Waals surface area (Å²) in [5, 5.41) is 2.02. The molecule has 0 amide bonds. The van der Waals surface area contributed by atoms with Crippen LogP contribution >= 0.6 is 0 Å². The molecular formula is C30H32N6. The van der Waals surface area contributed by atoms with Crippen molar-refractivity contribution in [3.8, 4) is 11.3 Å². The van der Waals surface area contributed by atoms with Gasteiger partial charge in [0.15, 0.2) is 0 Å². The average Bonchev–Trinajstić information content (AvgIpc) is 3.27. The van der Waals surface area contributed by atoms with E-state index in [4.69, 9.17) is 10.7 Å². The van der Waals surface area contributed by atoms with Gasteiger partial charge >= 0.3 is 0 Å². The standard InChI is InChI=1S/C22H17N5.C8H15N/c23-21-20-17(12-24-22(20)26-13-25-21)10-14-6-7-16-8-9-18(27-19(16)11-14)15-4-2-1-3-5-15;1-3-8(4-1)7-9-5-2-6-9/h1-9,11-13H,10H2,(H3,23,24,25,26);8H,1-7H2. The highest BCUT2D eigenvalue weighted by Gasteiger charge is 2.23. The summed E-state index contributed by atoms with van der Waals surface area (Å²) in [6, 6.07) is 20.8. The van der Waals surface area contributed by atoms with Crippen LogP contribution in [0.2, 0.25) is 0 Å². The minimum absolute atomic E-state index is 0.501. The van der Waals surface area contributed by atoms with Crippen molar-refractivity contribution in [1.82, 2.24) is 24.8 Å². The number of H-pyrrole nitrogens is 1. The zero-order valence-corrected chi connectivity index (χ0v) is 20.5. The Morgan fingerprint density at radius 1 is 0.944 bits per heavy atom. The highest BCUT2D eigenvalue weighted by Crippen LogP contribution is 2.28. The number of hydrogen-bond acceptors (Lipinski definition) is 5. The minimum atomic E-state index is 0.501. The van der Waals surface area contributed by atoms with E-state index in [1.54, 1.807) is 0 Å². The molecule has 1 saturated heterocycles. The molecule has 6 nitrogen and oxygen atoms in total. The van der Waals surface area contributed by atoms with Gasteiger partial charge in [-0.25, -0.2) is 15.0 Å². The Kier molecular flexibility index (Phi) is 6.35. The average molecular weight is 477 g/mol. The molecule has 4 heterocycles. The fourth-order valence-electron chi connectivity index (χ4n) is 5.06. The summed E-state index contributed by atoms with van der Waals surface area (Å²) < 4.78 is 0. The molecule has 1 aliphatic heterocycles. The van der Waals surface area contributed by atoms with E-state index in [0.29, 0.717) is 5.82 Å². The van der Waals surface area contributed by atoms with E-state index in [0.717, 1.165) is 51.1 Å². The van der Waals surface area contributed by atoms with E-state index >= 15 is 0 Å². The number of fused-ring (bicyclic) bond motifs is 2. The number of rotatable bonds is 5. The van der Waals surface area contributed by atoms with Crippen molar-refractivity contribution < 1.29 is 0 Å². The summed E-state index contributed by atoms with van der Waals surface area (Å²) >= 11 is 0. The maximum atomic E-state index is 6.05. The van der Waals surface area contributed by atoms with Crippen molar-refractivity contribution in [2.75, 3.05) is 25.4 Å². The second-order valence-corrected chi connectivity index (χ2v) is 10.0. The molecule has 0 atom stereocenters. The van der Waals surface area contributed by atoms with Crippen LogP contribution < -0.4 is 5.73 Å². The van der Waals surface area contributed by atoms with E-state index in [1.165, 1.54) is 57.2 Å². The molecule has 2 aromatic carbocycles. The largest absolute Gasteiger partial charge is 0.383 e. The SMILES string of the molecule is C1CC(CN2CCC2)C1.Nc1ncnc2[nH]cc(Cc3ccc4ccc(-c5ccccc5)nc4c3)c12. The van der Waals surface area contributed by atoms with Gasteiger partial charge in [0.2, 0.25) is 0 Å². The lowest BCUT2D eigenvalue weighted by Crippen LogP contribution is -2.41. The Labute approximate surface area is 211 Å². The monoisotopic (exact) mass is 476 g/mol. The Hall–Kier alpha value is -3.77. The van der Waals surface area contributed by atoms with E-state index in [-0.39, 0.29) is 0 Å².